The molecule has 30 heteroatoms. The van der Waals surface area contributed by atoms with Gasteiger partial charge in [0.25, 0.3) is 0 Å². The Hall–Kier alpha value is -2.81. The molecule has 0 radical (unpaired) electrons. The summed E-state index contributed by atoms with van der Waals surface area (Å²) in [4.78, 5) is 50.4. The number of Topliss-reactive ketones (excluding diaryl/α,β-unsaturated/α-hetero) is 1. The summed E-state index contributed by atoms with van der Waals surface area (Å²) in [6.07, 6.45) is -30.9. The number of carbonyl (C=O) groups is 5. The molecular weight excluding hydrogens is 826 g/mol. The van der Waals surface area contributed by atoms with Gasteiger partial charge >= 0.3 is 0 Å². The highest BCUT2D eigenvalue weighted by atomic mass is 16.4. The molecule has 18 unspecified atom stereocenters. The number of hydrogen-bond acceptors (Lipinski definition) is 29. The molecule has 0 heterocycles. The number of nitrogens with two attached hydrogens (primary N) is 1. The van der Waals surface area contributed by atoms with Crippen molar-refractivity contribution in [3.63, 3.8) is 0 Å². The van der Waals surface area contributed by atoms with E-state index < -0.39 is 161 Å². The number of rotatable bonds is 24. The number of amides is 1. The van der Waals surface area contributed by atoms with Crippen molar-refractivity contribution in [2.24, 2.45) is 5.73 Å². The fourth-order valence-electron chi connectivity index (χ4n) is 2.95. The van der Waals surface area contributed by atoms with E-state index in [4.69, 9.17) is 123 Å². The smallest absolute Gasteiger partial charge is 0.249 e. The third-order valence-corrected chi connectivity index (χ3v) is 6.85. The van der Waals surface area contributed by atoms with Gasteiger partial charge in [-0.2, -0.15) is 0 Å². The first-order valence-corrected chi connectivity index (χ1v) is 16.3. The van der Waals surface area contributed by atoms with Gasteiger partial charge in [0.1, 0.15) is 110 Å². The standard InChI is InChI=1S/C6H13NO6.3C6H12O6.C5H10O5/c7-6(13)5(12)4(11)3(10)2(9)1-8;3*7-1-3(9)5(11)6(12)4(10)2-8;6-1-3(8)5(10)4(9)2-7/h2-5,8-12H,1H2,(H2,7,13);3,5-9,11-12H,1-2H2;2*1,3-6,8-12H,2H2;1,3-5,7-10H,2H2. The molecule has 1 amide bonds. The Morgan fingerprint density at radius 2 is 0.593 bits per heavy atom. The van der Waals surface area contributed by atoms with Gasteiger partial charge in [-0.15, -0.1) is 0 Å². The van der Waals surface area contributed by atoms with Crippen LogP contribution in [0.5, 0.6) is 0 Å². The molecule has 0 rings (SSSR count). The topological polar surface area (TPSA) is 597 Å². The lowest BCUT2D eigenvalue weighted by atomic mass is 10.0. The highest BCUT2D eigenvalue weighted by molar-refractivity contribution is 5.84. The maximum absolute atomic E-state index is 10.5. The van der Waals surface area contributed by atoms with Crippen LogP contribution in [0, 0.1) is 0 Å². The van der Waals surface area contributed by atoms with Crippen LogP contribution in [0.25, 0.3) is 0 Å². The number of aldehydes is 3. The minimum Gasteiger partial charge on any atom is -0.394 e. The molecule has 0 spiro atoms. The third-order valence-electron chi connectivity index (χ3n) is 6.85. The summed E-state index contributed by atoms with van der Waals surface area (Å²) in [7, 11) is 0. The Kier molecular flexibility index (Phi) is 41.0. The van der Waals surface area contributed by atoms with E-state index in [-0.39, 0.29) is 18.9 Å². The normalized spacial score (nSPS) is 20.1. The van der Waals surface area contributed by atoms with Crippen molar-refractivity contribution in [3.05, 3.63) is 0 Å². The predicted molar refractivity (Wildman–Crippen MR) is 183 cm³/mol. The minimum absolute atomic E-state index is 0.0258. The molecule has 0 aromatic heterocycles. The first-order chi connectivity index (χ1) is 27.2. The average molecular weight is 886 g/mol. The van der Waals surface area contributed by atoms with E-state index >= 15 is 0 Å². The Bertz CT molecular complexity index is 1050. The van der Waals surface area contributed by atoms with Crippen LogP contribution in [-0.4, -0.2) is 303 Å². The molecule has 354 valence electrons. The lowest BCUT2D eigenvalue weighted by molar-refractivity contribution is -0.146. The maximum Gasteiger partial charge on any atom is 0.249 e. The molecule has 0 aliphatic carbocycles. The molecule has 0 aromatic carbocycles. The van der Waals surface area contributed by atoms with E-state index in [0.717, 1.165) is 0 Å². The summed E-state index contributed by atoms with van der Waals surface area (Å²) < 4.78 is 0. The van der Waals surface area contributed by atoms with Crippen LogP contribution in [0.2, 0.25) is 0 Å². The molecule has 0 aromatic rings. The summed E-state index contributed by atoms with van der Waals surface area (Å²) in [5.74, 6) is -2.23. The van der Waals surface area contributed by atoms with Crippen LogP contribution in [0.15, 0.2) is 0 Å². The van der Waals surface area contributed by atoms with Gasteiger partial charge in [0, 0.05) is 0 Å². The zero-order valence-electron chi connectivity index (χ0n) is 30.7. The molecule has 0 aliphatic rings. The van der Waals surface area contributed by atoms with Crippen LogP contribution in [0.4, 0.5) is 0 Å². The Balaban J connectivity index is -0.000000206. The SMILES string of the molecule is NC(=O)C(O)C(O)C(O)C(O)CO.O=C(CO)C(O)C(O)C(O)CO.O=CC(O)C(O)C(O)C(O)CO.O=CC(O)C(O)C(O)C(O)CO.O=CC(O)C(O)C(O)CO. The van der Waals surface area contributed by atoms with Crippen molar-refractivity contribution in [1.29, 1.82) is 0 Å². The molecule has 0 saturated heterocycles. The van der Waals surface area contributed by atoms with Gasteiger partial charge in [0.15, 0.2) is 30.7 Å². The first-order valence-electron chi connectivity index (χ1n) is 16.3. The molecule has 18 atom stereocenters. The van der Waals surface area contributed by atoms with Crippen LogP contribution < -0.4 is 5.73 Å². The van der Waals surface area contributed by atoms with Gasteiger partial charge in [0.05, 0.1) is 33.0 Å². The fourth-order valence-corrected chi connectivity index (χ4v) is 2.95. The molecule has 59 heavy (non-hydrogen) atoms. The minimum atomic E-state index is -1.98. The van der Waals surface area contributed by atoms with Crippen molar-refractivity contribution in [1.82, 2.24) is 0 Å². The van der Waals surface area contributed by atoms with Gasteiger partial charge in [0.2, 0.25) is 5.91 Å². The first kappa shape index (κ1) is 65.3. The van der Waals surface area contributed by atoms with Crippen molar-refractivity contribution >= 4 is 30.5 Å². The van der Waals surface area contributed by atoms with Crippen molar-refractivity contribution in [2.75, 3.05) is 39.6 Å². The average Bonchev–Trinajstić information content (AvgIpc) is 3.26. The second-order valence-corrected chi connectivity index (χ2v) is 11.5. The second-order valence-electron chi connectivity index (χ2n) is 11.5. The number of hydrogen-bond donors (Lipinski definition) is 25. The number of ketones is 1. The van der Waals surface area contributed by atoms with Gasteiger partial charge < -0.3 is 143 Å². The Labute approximate surface area is 332 Å². The van der Waals surface area contributed by atoms with E-state index in [1.807, 2.05) is 0 Å². The number of aliphatic hydroxyl groups is 24. The van der Waals surface area contributed by atoms with Crippen molar-refractivity contribution in [3.8, 4) is 0 Å². The van der Waals surface area contributed by atoms with Crippen molar-refractivity contribution < 1.29 is 147 Å². The van der Waals surface area contributed by atoms with Crippen LogP contribution >= 0.6 is 0 Å². The van der Waals surface area contributed by atoms with E-state index in [9.17, 15) is 24.0 Å². The summed E-state index contributed by atoms with van der Waals surface area (Å²) in [5.41, 5.74) is 4.61. The van der Waals surface area contributed by atoms with Crippen LogP contribution in [0.1, 0.15) is 0 Å². The summed E-state index contributed by atoms with van der Waals surface area (Å²) in [6, 6.07) is 0. The lowest BCUT2D eigenvalue weighted by Crippen LogP contribution is -2.50. The highest BCUT2D eigenvalue weighted by Gasteiger charge is 2.33. The van der Waals surface area contributed by atoms with E-state index in [0.29, 0.717) is 0 Å². The second kappa shape index (κ2) is 37.0. The quantitative estimate of drug-likeness (QED) is 0.0400. The number of carbonyl (C=O) groups excluding carboxylic acids is 5. The van der Waals surface area contributed by atoms with Gasteiger partial charge in [-0.1, -0.05) is 0 Å². The zero-order valence-corrected chi connectivity index (χ0v) is 30.7. The maximum atomic E-state index is 10.5. The fraction of sp³-hybridized carbons (Fsp3) is 0.828. The summed E-state index contributed by atoms with van der Waals surface area (Å²) in [5, 5.41) is 208. The van der Waals surface area contributed by atoms with E-state index in [1.54, 1.807) is 0 Å². The predicted octanol–water partition coefficient (Wildman–Crippen LogP) is -17.0. The van der Waals surface area contributed by atoms with E-state index in [2.05, 4.69) is 5.73 Å². The molecule has 0 saturated carbocycles. The molecule has 26 N–H and O–H groups in total. The number of primary amides is 1. The van der Waals surface area contributed by atoms with Crippen LogP contribution in [0.3, 0.4) is 0 Å². The lowest BCUT2D eigenvalue weighted by Gasteiger charge is -2.23. The molecule has 30 nitrogen and oxygen atoms in total. The van der Waals surface area contributed by atoms with Gasteiger partial charge in [-0.3, -0.25) is 9.59 Å². The molecule has 0 fully saturated rings. The van der Waals surface area contributed by atoms with Gasteiger partial charge in [-0.05, 0) is 0 Å². The third kappa shape index (κ3) is 27.6. The zero-order chi connectivity index (χ0) is 47.9. The molecular formula is C29H59NO29. The summed E-state index contributed by atoms with van der Waals surface area (Å²) in [6.45, 7) is -4.70. The van der Waals surface area contributed by atoms with E-state index in [1.165, 1.54) is 0 Å². The number of aliphatic hydroxyl groups excluding tert-OH is 24. The Morgan fingerprint density at radius 3 is 0.831 bits per heavy atom. The van der Waals surface area contributed by atoms with Crippen molar-refractivity contribution in [2.45, 2.75) is 110 Å². The summed E-state index contributed by atoms with van der Waals surface area (Å²) >= 11 is 0. The largest absolute Gasteiger partial charge is 0.394 e. The molecule has 0 bridgehead atoms. The van der Waals surface area contributed by atoms with Crippen LogP contribution in [-0.2, 0) is 24.0 Å². The Morgan fingerprint density at radius 1 is 0.356 bits per heavy atom. The van der Waals surface area contributed by atoms with Gasteiger partial charge in [-0.25, -0.2) is 0 Å². The highest BCUT2D eigenvalue weighted by Crippen LogP contribution is 2.06. The molecule has 0 aliphatic heterocycles. The monoisotopic (exact) mass is 885 g/mol.